The van der Waals surface area contributed by atoms with Gasteiger partial charge in [0.25, 0.3) is 0 Å². The van der Waals surface area contributed by atoms with Gasteiger partial charge in [-0.1, -0.05) is 36.4 Å². The number of ether oxygens (including phenoxy) is 1. The molecule has 1 aliphatic rings. The van der Waals surface area contributed by atoms with E-state index in [0.717, 1.165) is 22.3 Å². The second-order valence-corrected chi connectivity index (χ2v) is 6.20. The van der Waals surface area contributed by atoms with Gasteiger partial charge in [0.2, 0.25) is 0 Å². The molecule has 0 aliphatic heterocycles. The molecule has 1 aromatic carbocycles. The largest absolute Gasteiger partial charge is 0.481 e. The lowest BCUT2D eigenvalue weighted by Gasteiger charge is -2.16. The Hall–Kier alpha value is -2.47. The Labute approximate surface area is 143 Å². The lowest BCUT2D eigenvalue weighted by atomic mass is 9.93. The molecule has 0 saturated heterocycles. The van der Waals surface area contributed by atoms with Gasteiger partial charge in [-0.05, 0) is 28.7 Å². The fourth-order valence-corrected chi connectivity index (χ4v) is 2.89. The summed E-state index contributed by atoms with van der Waals surface area (Å²) < 4.78 is 16.3. The van der Waals surface area contributed by atoms with Crippen LogP contribution in [0.1, 0.15) is 24.5 Å². The minimum absolute atomic E-state index is 0.000982. The first-order valence-corrected chi connectivity index (χ1v) is 8.19. The average molecular weight is 346 g/mol. The molecule has 0 amide bonds. The zero-order valence-electron chi connectivity index (χ0n) is 13.3. The highest BCUT2D eigenvalue weighted by Crippen LogP contribution is 2.20. The molecule has 6 heteroatoms. The molecule has 126 valence electrons. The molecule has 0 saturated carbocycles. The molecular formula is C18H18O5S. The molecule has 2 rings (SSSR count). The molecule has 24 heavy (non-hydrogen) atoms. The van der Waals surface area contributed by atoms with E-state index >= 15 is 0 Å². The molecule has 0 aromatic heterocycles. The Bertz CT molecular complexity index is 752. The van der Waals surface area contributed by atoms with Gasteiger partial charge in [-0.3, -0.25) is 9.59 Å². The highest BCUT2D eigenvalue weighted by Gasteiger charge is 2.15. The van der Waals surface area contributed by atoms with E-state index in [2.05, 4.69) is 0 Å². The Morgan fingerprint density at radius 1 is 1.17 bits per heavy atom. The minimum atomic E-state index is -0.860. The smallest absolute Gasteiger partial charge is 0.307 e. The van der Waals surface area contributed by atoms with Crippen molar-refractivity contribution in [3.05, 3.63) is 58.7 Å². The summed E-state index contributed by atoms with van der Waals surface area (Å²) in [6.07, 6.45) is 4.86. The van der Waals surface area contributed by atoms with Gasteiger partial charge in [0.05, 0.1) is 22.5 Å². The Kier molecular flexibility index (Phi) is 6.26. The number of carboxylic acids is 1. The number of hydrogen-bond donors (Lipinski definition) is 1. The maximum atomic E-state index is 11.4. The van der Waals surface area contributed by atoms with E-state index in [-0.39, 0.29) is 19.0 Å². The van der Waals surface area contributed by atoms with Crippen molar-refractivity contribution < 1.29 is 23.6 Å². The predicted octanol–water partition coefficient (Wildman–Crippen LogP) is 2.06. The second kappa shape index (κ2) is 8.40. The molecule has 1 aromatic rings. The molecule has 0 unspecified atom stereocenters. The molecule has 0 bridgehead atoms. The van der Waals surface area contributed by atoms with Crippen molar-refractivity contribution in [1.29, 1.82) is 0 Å². The SMILES string of the molecule is CC(=O)OCC1=CC=C(Cc2ccc(CC(=O)O)cc2)C(=S=O)C1. The number of benzene rings is 1. The third-order valence-corrected chi connectivity index (χ3v) is 4.21. The first kappa shape index (κ1) is 17.9. The number of carbonyl (C=O) groups is 2. The lowest BCUT2D eigenvalue weighted by molar-refractivity contribution is -0.140. The topological polar surface area (TPSA) is 80.7 Å². The molecule has 0 radical (unpaired) electrons. The molecule has 0 spiro atoms. The van der Waals surface area contributed by atoms with Crippen LogP contribution in [0.2, 0.25) is 0 Å². The second-order valence-electron chi connectivity index (χ2n) is 5.54. The van der Waals surface area contributed by atoms with E-state index in [1.54, 1.807) is 12.1 Å². The highest BCUT2D eigenvalue weighted by molar-refractivity contribution is 7.67. The fraction of sp³-hybridized carbons (Fsp3) is 0.278. The van der Waals surface area contributed by atoms with Crippen molar-refractivity contribution in [2.75, 3.05) is 6.61 Å². The number of allylic oxidation sites excluding steroid dienone is 3. The van der Waals surface area contributed by atoms with Crippen LogP contribution in [0.4, 0.5) is 0 Å². The zero-order valence-corrected chi connectivity index (χ0v) is 14.1. The van der Waals surface area contributed by atoms with E-state index in [9.17, 15) is 13.8 Å². The van der Waals surface area contributed by atoms with Gasteiger partial charge in [0.1, 0.15) is 6.61 Å². The van der Waals surface area contributed by atoms with Crippen LogP contribution in [0.3, 0.4) is 0 Å². The van der Waals surface area contributed by atoms with Crippen molar-refractivity contribution in [2.24, 2.45) is 0 Å². The average Bonchev–Trinajstić information content (AvgIpc) is 2.55. The third kappa shape index (κ3) is 5.31. The molecular weight excluding hydrogens is 328 g/mol. The summed E-state index contributed by atoms with van der Waals surface area (Å²) in [6.45, 7) is 1.55. The molecule has 1 aliphatic carbocycles. The number of carboxylic acid groups (broad SMARTS) is 1. The van der Waals surface area contributed by atoms with Gasteiger partial charge in [-0.15, -0.1) is 0 Å². The first-order chi connectivity index (χ1) is 11.5. The predicted molar refractivity (Wildman–Crippen MR) is 92.1 cm³/mol. The molecule has 0 heterocycles. The van der Waals surface area contributed by atoms with Crippen molar-refractivity contribution in [1.82, 2.24) is 0 Å². The minimum Gasteiger partial charge on any atom is -0.481 e. The normalized spacial score (nSPS) is 13.8. The Morgan fingerprint density at radius 3 is 2.42 bits per heavy atom. The summed E-state index contributed by atoms with van der Waals surface area (Å²) in [4.78, 5) is 22.3. The quantitative estimate of drug-likeness (QED) is 0.630. The highest BCUT2D eigenvalue weighted by atomic mass is 32.1. The van der Waals surface area contributed by atoms with Gasteiger partial charge in [0, 0.05) is 13.3 Å². The molecule has 0 fully saturated rings. The number of esters is 1. The number of carbonyl (C=O) groups excluding carboxylic acids is 1. The number of hydrogen-bond acceptors (Lipinski definition) is 4. The number of rotatable bonds is 6. The van der Waals surface area contributed by atoms with Crippen LogP contribution in [0.25, 0.3) is 0 Å². The summed E-state index contributed by atoms with van der Waals surface area (Å²) in [7, 11) is 0. The van der Waals surface area contributed by atoms with Crippen LogP contribution in [0.15, 0.2) is 47.6 Å². The molecule has 1 N–H and O–H groups in total. The summed E-state index contributed by atoms with van der Waals surface area (Å²) in [5, 5.41) is 8.78. The van der Waals surface area contributed by atoms with E-state index in [1.807, 2.05) is 24.3 Å². The summed E-state index contributed by atoms with van der Waals surface area (Å²) >= 11 is 0.462. The Morgan fingerprint density at radius 2 is 1.83 bits per heavy atom. The van der Waals surface area contributed by atoms with Crippen LogP contribution in [0.5, 0.6) is 0 Å². The van der Waals surface area contributed by atoms with Crippen LogP contribution in [-0.4, -0.2) is 32.7 Å². The lowest BCUT2D eigenvalue weighted by Crippen LogP contribution is -2.14. The van der Waals surface area contributed by atoms with Crippen LogP contribution < -0.4 is 0 Å². The van der Waals surface area contributed by atoms with E-state index < -0.39 is 5.97 Å². The number of aliphatic carboxylic acids is 1. The summed E-state index contributed by atoms with van der Waals surface area (Å²) in [5.41, 5.74) is 3.59. The van der Waals surface area contributed by atoms with E-state index in [0.29, 0.717) is 29.0 Å². The van der Waals surface area contributed by atoms with Gasteiger partial charge in [0.15, 0.2) is 0 Å². The maximum Gasteiger partial charge on any atom is 0.307 e. The van der Waals surface area contributed by atoms with E-state index in [4.69, 9.17) is 9.84 Å². The zero-order chi connectivity index (χ0) is 17.5. The standard InChI is InChI=1S/C18H18O5S/c1-12(19)23-11-15-6-7-16(17(9-15)24-22)8-13-2-4-14(5-3-13)10-18(20)21/h2-7H,8-11H2,1H3,(H,20,21). The fourth-order valence-electron chi connectivity index (χ4n) is 2.39. The van der Waals surface area contributed by atoms with E-state index in [1.165, 1.54) is 6.92 Å². The molecule has 5 nitrogen and oxygen atoms in total. The monoisotopic (exact) mass is 346 g/mol. The van der Waals surface area contributed by atoms with Crippen molar-refractivity contribution in [2.45, 2.75) is 26.2 Å². The van der Waals surface area contributed by atoms with Crippen molar-refractivity contribution >= 4 is 28.1 Å². The first-order valence-electron chi connectivity index (χ1n) is 7.45. The maximum absolute atomic E-state index is 11.4. The van der Waals surface area contributed by atoms with Gasteiger partial charge in [-0.2, -0.15) is 0 Å². The van der Waals surface area contributed by atoms with Crippen LogP contribution in [0, 0.1) is 0 Å². The van der Waals surface area contributed by atoms with Gasteiger partial charge in [-0.25, -0.2) is 4.21 Å². The van der Waals surface area contributed by atoms with Crippen LogP contribution >= 0.6 is 0 Å². The van der Waals surface area contributed by atoms with Crippen molar-refractivity contribution in [3.8, 4) is 0 Å². The van der Waals surface area contributed by atoms with Gasteiger partial charge < -0.3 is 9.84 Å². The molecule has 0 atom stereocenters. The Balaban J connectivity index is 2.08. The third-order valence-electron chi connectivity index (χ3n) is 3.60. The summed E-state index contributed by atoms with van der Waals surface area (Å²) in [6, 6.07) is 7.34. The van der Waals surface area contributed by atoms with Crippen LogP contribution in [-0.2, 0) is 38.4 Å². The summed E-state index contributed by atoms with van der Waals surface area (Å²) in [5.74, 6) is -1.20. The van der Waals surface area contributed by atoms with Crippen molar-refractivity contribution in [3.63, 3.8) is 0 Å². The van der Waals surface area contributed by atoms with Gasteiger partial charge >= 0.3 is 11.9 Å².